The highest BCUT2D eigenvalue weighted by Gasteiger charge is 2.50. The lowest BCUT2D eigenvalue weighted by atomic mass is 9.95. The van der Waals surface area contributed by atoms with E-state index in [1.54, 1.807) is 0 Å². The number of hydrogen-bond acceptors (Lipinski definition) is 11. The van der Waals surface area contributed by atoms with Crippen molar-refractivity contribution in [2.75, 3.05) is 13.2 Å². The number of carbonyl (C=O) groups excluding carboxylic acids is 1. The molecule has 2 heterocycles. The molecule has 0 aromatic heterocycles. The molecular formula is C14H25NO11. The summed E-state index contributed by atoms with van der Waals surface area (Å²) in [6.07, 6.45) is -13.6. The van der Waals surface area contributed by atoms with Gasteiger partial charge in [0.15, 0.2) is 12.6 Å². The summed E-state index contributed by atoms with van der Waals surface area (Å²) in [5.74, 6) is -0.564. The molecule has 8 N–H and O–H groups in total. The molecule has 2 aliphatic heterocycles. The molecule has 0 radical (unpaired) electrons. The number of amides is 1. The fourth-order valence-corrected chi connectivity index (χ4v) is 2.98. The van der Waals surface area contributed by atoms with E-state index in [0.717, 1.165) is 6.92 Å². The van der Waals surface area contributed by atoms with Crippen molar-refractivity contribution < 1.29 is 54.8 Å². The molecule has 0 aliphatic carbocycles. The SMILES string of the molecule is CC(=O)N[C@@H]1[C@@H](O)[C@H](O[C@H]2O[C@@H](CO)[C@@H](O)[C@@H](O)[C@H]2O)[C@H](CO)O[C@@H]1O. The molecule has 0 saturated carbocycles. The smallest absolute Gasteiger partial charge is 0.217 e. The molecule has 152 valence electrons. The van der Waals surface area contributed by atoms with Crippen molar-refractivity contribution in [3.8, 4) is 0 Å². The Morgan fingerprint density at radius 1 is 0.923 bits per heavy atom. The molecule has 0 bridgehead atoms. The zero-order valence-electron chi connectivity index (χ0n) is 14.0. The monoisotopic (exact) mass is 383 g/mol. The van der Waals surface area contributed by atoms with Gasteiger partial charge in [-0.15, -0.1) is 0 Å². The first-order chi connectivity index (χ1) is 12.2. The van der Waals surface area contributed by atoms with Gasteiger partial charge in [-0.2, -0.15) is 0 Å². The van der Waals surface area contributed by atoms with E-state index in [4.69, 9.17) is 14.2 Å². The Morgan fingerprint density at radius 2 is 1.54 bits per heavy atom. The molecule has 10 atom stereocenters. The second kappa shape index (κ2) is 8.84. The summed E-state index contributed by atoms with van der Waals surface area (Å²) < 4.78 is 15.7. The van der Waals surface area contributed by atoms with Crippen LogP contribution >= 0.6 is 0 Å². The van der Waals surface area contributed by atoms with E-state index >= 15 is 0 Å². The topological polar surface area (TPSA) is 198 Å². The predicted molar refractivity (Wildman–Crippen MR) is 80.2 cm³/mol. The summed E-state index contributed by atoms with van der Waals surface area (Å²) in [5, 5.41) is 70.7. The molecule has 12 nitrogen and oxygen atoms in total. The van der Waals surface area contributed by atoms with Crippen LogP contribution < -0.4 is 5.32 Å². The molecule has 2 rings (SSSR count). The maximum atomic E-state index is 11.2. The van der Waals surface area contributed by atoms with Crippen LogP contribution in [-0.4, -0.2) is 116 Å². The van der Waals surface area contributed by atoms with Crippen molar-refractivity contribution in [1.29, 1.82) is 0 Å². The third kappa shape index (κ3) is 4.31. The third-order valence-electron chi connectivity index (χ3n) is 4.38. The van der Waals surface area contributed by atoms with Crippen LogP contribution in [0.5, 0.6) is 0 Å². The van der Waals surface area contributed by atoms with Gasteiger partial charge in [-0.05, 0) is 0 Å². The summed E-state index contributed by atoms with van der Waals surface area (Å²) in [5.41, 5.74) is 0. The van der Waals surface area contributed by atoms with Crippen molar-refractivity contribution in [3.63, 3.8) is 0 Å². The van der Waals surface area contributed by atoms with Crippen molar-refractivity contribution in [2.45, 2.75) is 68.3 Å². The van der Waals surface area contributed by atoms with Crippen LogP contribution in [0.15, 0.2) is 0 Å². The van der Waals surface area contributed by atoms with Crippen LogP contribution in [0.25, 0.3) is 0 Å². The van der Waals surface area contributed by atoms with Crippen LogP contribution in [0.3, 0.4) is 0 Å². The van der Waals surface area contributed by atoms with Gasteiger partial charge in [0.25, 0.3) is 0 Å². The molecule has 0 aromatic carbocycles. The molecule has 2 saturated heterocycles. The number of carbonyl (C=O) groups is 1. The Bertz CT molecular complexity index is 478. The summed E-state index contributed by atoms with van der Waals surface area (Å²) in [6, 6.07) is -1.29. The zero-order valence-corrected chi connectivity index (χ0v) is 14.0. The molecular weight excluding hydrogens is 358 g/mol. The highest BCUT2D eigenvalue weighted by Crippen LogP contribution is 2.28. The van der Waals surface area contributed by atoms with Crippen LogP contribution in [-0.2, 0) is 19.0 Å². The van der Waals surface area contributed by atoms with E-state index in [-0.39, 0.29) is 0 Å². The van der Waals surface area contributed by atoms with Gasteiger partial charge >= 0.3 is 0 Å². The number of aliphatic hydroxyl groups excluding tert-OH is 7. The van der Waals surface area contributed by atoms with Gasteiger partial charge in [0.2, 0.25) is 5.91 Å². The number of aliphatic hydroxyl groups is 7. The molecule has 26 heavy (non-hydrogen) atoms. The Labute approximate surface area is 148 Å². The summed E-state index contributed by atoms with van der Waals surface area (Å²) >= 11 is 0. The standard InChI is InChI=1S/C14H25NO11/c1-4(18)15-7-9(20)12(6(3-17)24-13(7)23)26-14-11(22)10(21)8(19)5(2-16)25-14/h5-14,16-17,19-23H,2-3H2,1H3,(H,15,18)/t5-,6-,7+,8+,9+,10+,11+,12+,13-,14+/m0/s1. The van der Waals surface area contributed by atoms with Gasteiger partial charge in [0, 0.05) is 6.92 Å². The van der Waals surface area contributed by atoms with Gasteiger partial charge in [-0.1, -0.05) is 0 Å². The predicted octanol–water partition coefficient (Wildman–Crippen LogP) is -5.25. The van der Waals surface area contributed by atoms with Crippen molar-refractivity contribution in [2.24, 2.45) is 0 Å². The lowest BCUT2D eigenvalue weighted by molar-refractivity contribution is -0.345. The number of hydrogen-bond donors (Lipinski definition) is 8. The first-order valence-corrected chi connectivity index (χ1v) is 8.06. The van der Waals surface area contributed by atoms with Crippen molar-refractivity contribution in [1.82, 2.24) is 5.32 Å². The first-order valence-electron chi connectivity index (χ1n) is 8.06. The van der Waals surface area contributed by atoms with Crippen LogP contribution in [0, 0.1) is 0 Å². The second-order valence-electron chi connectivity index (χ2n) is 6.26. The first kappa shape index (κ1) is 21.4. The molecule has 2 fully saturated rings. The Hall–Kier alpha value is -0.930. The van der Waals surface area contributed by atoms with E-state index in [1.165, 1.54) is 0 Å². The summed E-state index contributed by atoms with van der Waals surface area (Å²) in [4.78, 5) is 11.2. The maximum Gasteiger partial charge on any atom is 0.217 e. The van der Waals surface area contributed by atoms with Gasteiger partial charge in [-0.25, -0.2) is 0 Å². The van der Waals surface area contributed by atoms with Gasteiger partial charge in [-0.3, -0.25) is 4.79 Å². The van der Waals surface area contributed by atoms with Crippen LogP contribution in [0.2, 0.25) is 0 Å². The Balaban J connectivity index is 2.16. The minimum atomic E-state index is -1.73. The molecule has 12 heteroatoms. The van der Waals surface area contributed by atoms with Crippen molar-refractivity contribution >= 4 is 5.91 Å². The zero-order chi connectivity index (χ0) is 19.6. The van der Waals surface area contributed by atoms with E-state index in [0.29, 0.717) is 0 Å². The van der Waals surface area contributed by atoms with Gasteiger partial charge in [0.05, 0.1) is 13.2 Å². The lowest BCUT2D eigenvalue weighted by Gasteiger charge is -2.46. The second-order valence-corrected chi connectivity index (χ2v) is 6.26. The van der Waals surface area contributed by atoms with E-state index in [1.807, 2.05) is 0 Å². The Kier molecular flexibility index (Phi) is 7.27. The quantitative estimate of drug-likeness (QED) is 0.226. The number of rotatable bonds is 5. The fourth-order valence-electron chi connectivity index (χ4n) is 2.98. The summed E-state index contributed by atoms with van der Waals surface area (Å²) in [7, 11) is 0. The fraction of sp³-hybridized carbons (Fsp3) is 0.929. The number of ether oxygens (including phenoxy) is 3. The van der Waals surface area contributed by atoms with Gasteiger partial charge in [0.1, 0.15) is 48.8 Å². The van der Waals surface area contributed by atoms with Gasteiger partial charge < -0.3 is 55.3 Å². The van der Waals surface area contributed by atoms with Crippen LogP contribution in [0.4, 0.5) is 0 Å². The minimum Gasteiger partial charge on any atom is -0.394 e. The van der Waals surface area contributed by atoms with E-state index < -0.39 is 80.5 Å². The Morgan fingerprint density at radius 3 is 2.08 bits per heavy atom. The highest BCUT2D eigenvalue weighted by molar-refractivity contribution is 5.73. The van der Waals surface area contributed by atoms with Crippen LogP contribution in [0.1, 0.15) is 6.92 Å². The van der Waals surface area contributed by atoms with E-state index in [2.05, 4.69) is 5.32 Å². The van der Waals surface area contributed by atoms with E-state index in [9.17, 15) is 40.5 Å². The lowest BCUT2D eigenvalue weighted by Crippen LogP contribution is -2.67. The average Bonchev–Trinajstić information content (AvgIpc) is 2.60. The average molecular weight is 383 g/mol. The van der Waals surface area contributed by atoms with Crippen molar-refractivity contribution in [3.05, 3.63) is 0 Å². The molecule has 2 aliphatic rings. The largest absolute Gasteiger partial charge is 0.394 e. The normalized spacial score (nSPS) is 46.8. The molecule has 0 aromatic rings. The maximum absolute atomic E-state index is 11.2. The third-order valence-corrected chi connectivity index (χ3v) is 4.38. The number of nitrogens with one attached hydrogen (secondary N) is 1. The minimum absolute atomic E-state index is 0.564. The summed E-state index contributed by atoms with van der Waals surface area (Å²) in [6.45, 7) is -0.195. The molecule has 1 amide bonds. The highest BCUT2D eigenvalue weighted by atomic mass is 16.7. The molecule has 0 unspecified atom stereocenters. The molecule has 0 spiro atoms.